The van der Waals surface area contributed by atoms with E-state index >= 15 is 0 Å². The first-order valence-corrected chi connectivity index (χ1v) is 9.89. The van der Waals surface area contributed by atoms with Gasteiger partial charge in [0.15, 0.2) is 5.75 Å². The highest BCUT2D eigenvalue weighted by Crippen LogP contribution is 2.32. The Kier molecular flexibility index (Phi) is 6.16. The largest absolute Gasteiger partial charge is 0.432 e. The quantitative estimate of drug-likeness (QED) is 0.568. The highest BCUT2D eigenvalue weighted by Gasteiger charge is 2.31. The van der Waals surface area contributed by atoms with Crippen molar-refractivity contribution in [1.29, 1.82) is 0 Å². The van der Waals surface area contributed by atoms with E-state index in [1.165, 1.54) is 24.4 Å². The first kappa shape index (κ1) is 22.5. The summed E-state index contributed by atoms with van der Waals surface area (Å²) < 4.78 is 67.9. The van der Waals surface area contributed by atoms with Crippen molar-refractivity contribution in [3.05, 3.63) is 54.4 Å². The number of fused-ring (bicyclic) bond motifs is 1. The van der Waals surface area contributed by atoms with Gasteiger partial charge in [-0.3, -0.25) is 4.98 Å². The van der Waals surface area contributed by atoms with Crippen molar-refractivity contribution in [3.63, 3.8) is 0 Å². The van der Waals surface area contributed by atoms with Crippen LogP contribution in [0.15, 0.2) is 48.8 Å². The lowest BCUT2D eigenvalue weighted by atomic mass is 10.1. The van der Waals surface area contributed by atoms with E-state index in [4.69, 9.17) is 0 Å². The molecular weight excluding hydrogens is 449 g/mol. The van der Waals surface area contributed by atoms with Crippen LogP contribution in [0.1, 0.15) is 5.56 Å². The Hall–Kier alpha value is -3.70. The van der Waals surface area contributed by atoms with Gasteiger partial charge in [0.2, 0.25) is 0 Å². The van der Waals surface area contributed by atoms with Crippen molar-refractivity contribution in [2.24, 2.45) is 0 Å². The topological polar surface area (TPSA) is 70.6 Å². The molecule has 0 saturated carbocycles. The molecule has 33 heavy (non-hydrogen) atoms. The molecule has 1 aliphatic heterocycles. The van der Waals surface area contributed by atoms with Crippen LogP contribution in [0.25, 0.3) is 10.9 Å². The van der Waals surface area contributed by atoms with Crippen molar-refractivity contribution in [2.45, 2.75) is 12.8 Å². The second-order valence-corrected chi connectivity index (χ2v) is 7.20. The van der Waals surface area contributed by atoms with Crippen LogP contribution in [-0.4, -0.2) is 53.7 Å². The van der Waals surface area contributed by atoms with Gasteiger partial charge in [-0.05, 0) is 36.4 Å². The number of nitrogens with one attached hydrogen (secondary N) is 1. The number of urea groups is 1. The van der Waals surface area contributed by atoms with Crippen LogP contribution in [0.3, 0.4) is 0 Å². The summed E-state index contributed by atoms with van der Waals surface area (Å²) in [6.45, 7) is -1.61. The zero-order chi connectivity index (χ0) is 23.6. The van der Waals surface area contributed by atoms with E-state index in [1.54, 1.807) is 21.9 Å². The molecule has 0 aliphatic carbocycles. The molecule has 0 spiro atoms. The molecule has 0 atom stereocenters. The predicted molar refractivity (Wildman–Crippen MR) is 110 cm³/mol. The van der Waals surface area contributed by atoms with Crippen LogP contribution >= 0.6 is 0 Å². The highest BCUT2D eigenvalue weighted by atomic mass is 19.4. The zero-order valence-electron chi connectivity index (χ0n) is 17.0. The number of pyridine rings is 2. The predicted octanol–water partition coefficient (Wildman–Crippen LogP) is 4.60. The molecule has 1 N–H and O–H groups in total. The molecule has 174 valence electrons. The van der Waals surface area contributed by atoms with Crippen LogP contribution < -0.4 is 15.0 Å². The molecule has 2 amide bonds. The molecule has 0 radical (unpaired) electrons. The molecule has 0 unspecified atom stereocenters. The maximum Gasteiger partial charge on any atom is 0.417 e. The summed E-state index contributed by atoms with van der Waals surface area (Å²) in [4.78, 5) is 24.1. The molecule has 1 aliphatic rings. The molecule has 3 aromatic rings. The van der Waals surface area contributed by atoms with Crippen molar-refractivity contribution >= 4 is 28.4 Å². The number of alkyl halides is 5. The molecule has 0 bridgehead atoms. The van der Waals surface area contributed by atoms with E-state index in [-0.39, 0.29) is 11.3 Å². The van der Waals surface area contributed by atoms with Gasteiger partial charge in [-0.25, -0.2) is 9.78 Å². The number of carbonyl (C=O) groups is 1. The molecule has 2 aromatic heterocycles. The van der Waals surface area contributed by atoms with Crippen LogP contribution in [0, 0.1) is 0 Å². The number of rotatable bonds is 4. The zero-order valence-corrected chi connectivity index (χ0v) is 17.0. The number of halogens is 5. The summed E-state index contributed by atoms with van der Waals surface area (Å²) in [5, 5.41) is 3.20. The number of nitrogens with zero attached hydrogens (tertiary/aromatic N) is 4. The Morgan fingerprint density at radius 3 is 2.42 bits per heavy atom. The molecule has 1 aromatic carbocycles. The lowest BCUT2D eigenvalue weighted by Crippen LogP contribution is -2.50. The number of piperazine rings is 1. The Bertz CT molecular complexity index is 1130. The number of aromatic nitrogens is 2. The monoisotopic (exact) mass is 467 g/mol. The lowest BCUT2D eigenvalue weighted by Gasteiger charge is -2.35. The average Bonchev–Trinajstić information content (AvgIpc) is 2.80. The fourth-order valence-corrected chi connectivity index (χ4v) is 3.52. The van der Waals surface area contributed by atoms with Gasteiger partial charge >= 0.3 is 18.8 Å². The SMILES string of the molecule is O=C(Nc1ccc(OC(F)F)c2ncccc12)N1CCN(c2ccc(C(F)(F)F)cn2)CC1. The van der Waals surface area contributed by atoms with E-state index in [0.717, 1.165) is 12.3 Å². The third-order valence-corrected chi connectivity index (χ3v) is 5.16. The van der Waals surface area contributed by atoms with Crippen molar-refractivity contribution in [2.75, 3.05) is 36.4 Å². The summed E-state index contributed by atoms with van der Waals surface area (Å²) in [5.41, 5.74) is -0.249. The van der Waals surface area contributed by atoms with E-state index < -0.39 is 24.4 Å². The van der Waals surface area contributed by atoms with Gasteiger partial charge < -0.3 is 19.9 Å². The van der Waals surface area contributed by atoms with Crippen molar-refractivity contribution in [1.82, 2.24) is 14.9 Å². The summed E-state index contributed by atoms with van der Waals surface area (Å²) in [6.07, 6.45) is -2.23. The first-order valence-electron chi connectivity index (χ1n) is 9.89. The highest BCUT2D eigenvalue weighted by molar-refractivity contribution is 6.02. The molecule has 3 heterocycles. The fraction of sp³-hybridized carbons (Fsp3) is 0.286. The van der Waals surface area contributed by atoms with Gasteiger partial charge in [0, 0.05) is 44.0 Å². The Morgan fingerprint density at radius 1 is 1.03 bits per heavy atom. The summed E-state index contributed by atoms with van der Waals surface area (Å²) in [5.74, 6) is 0.297. The number of hydrogen-bond acceptors (Lipinski definition) is 5. The Morgan fingerprint density at radius 2 is 1.79 bits per heavy atom. The smallest absolute Gasteiger partial charge is 0.417 e. The molecule has 7 nitrogen and oxygen atoms in total. The van der Waals surface area contributed by atoms with Gasteiger partial charge in [-0.15, -0.1) is 0 Å². The summed E-state index contributed by atoms with van der Waals surface area (Å²) in [7, 11) is 0. The van der Waals surface area contributed by atoms with Crippen LogP contribution in [0.4, 0.5) is 38.3 Å². The number of ether oxygens (including phenoxy) is 1. The van der Waals surface area contributed by atoms with E-state index in [0.29, 0.717) is 43.1 Å². The second kappa shape index (κ2) is 9.04. The van der Waals surface area contributed by atoms with E-state index in [2.05, 4.69) is 20.0 Å². The molecular formula is C21H18F5N5O2. The van der Waals surface area contributed by atoms with Gasteiger partial charge in [0.25, 0.3) is 0 Å². The molecule has 12 heteroatoms. The van der Waals surface area contributed by atoms with Crippen molar-refractivity contribution in [3.8, 4) is 5.75 Å². The third-order valence-electron chi connectivity index (χ3n) is 5.16. The fourth-order valence-electron chi connectivity index (χ4n) is 3.52. The number of amides is 2. The van der Waals surface area contributed by atoms with Crippen LogP contribution in [0.5, 0.6) is 5.75 Å². The molecule has 4 rings (SSSR count). The minimum absolute atomic E-state index is 0.101. The molecule has 1 saturated heterocycles. The Balaban J connectivity index is 1.41. The lowest BCUT2D eigenvalue weighted by molar-refractivity contribution is -0.137. The second-order valence-electron chi connectivity index (χ2n) is 7.20. The van der Waals surface area contributed by atoms with Crippen LogP contribution in [-0.2, 0) is 6.18 Å². The van der Waals surface area contributed by atoms with Gasteiger partial charge in [-0.1, -0.05) is 0 Å². The standard InChI is InChI=1S/C21H18F5N5O2/c22-19(23)33-16-5-4-15(14-2-1-7-27-18(14)16)29-20(32)31-10-8-30(9-11-31)17-6-3-13(12-28-17)21(24,25)26/h1-7,12,19H,8-11H2,(H,29,32). The number of carbonyl (C=O) groups excluding carboxylic acids is 1. The number of benzene rings is 1. The van der Waals surface area contributed by atoms with Gasteiger partial charge in [0.1, 0.15) is 11.3 Å². The normalized spacial score (nSPS) is 14.6. The Labute approximate surface area is 184 Å². The number of anilines is 2. The number of hydrogen-bond donors (Lipinski definition) is 1. The maximum absolute atomic E-state index is 12.8. The first-order chi connectivity index (χ1) is 15.7. The summed E-state index contributed by atoms with van der Waals surface area (Å²) in [6, 6.07) is 7.89. The van der Waals surface area contributed by atoms with Crippen molar-refractivity contribution < 1.29 is 31.5 Å². The minimum Gasteiger partial charge on any atom is -0.432 e. The third kappa shape index (κ3) is 5.04. The van der Waals surface area contributed by atoms with E-state index in [1.807, 2.05) is 0 Å². The maximum atomic E-state index is 12.8. The van der Waals surface area contributed by atoms with Gasteiger partial charge in [0.05, 0.1) is 11.3 Å². The molecule has 1 fully saturated rings. The summed E-state index contributed by atoms with van der Waals surface area (Å²) >= 11 is 0. The minimum atomic E-state index is -4.45. The van der Waals surface area contributed by atoms with E-state index in [9.17, 15) is 26.7 Å². The van der Waals surface area contributed by atoms with Gasteiger partial charge in [-0.2, -0.15) is 22.0 Å². The van der Waals surface area contributed by atoms with Crippen LogP contribution in [0.2, 0.25) is 0 Å². The average molecular weight is 467 g/mol.